The standard InChI is InChI=1S/C36H34Cl2N7O21P3S/c1-58-18-8-16-27(21(37)24(18)46)62-28-17(9-19(59-2)25(47)22(28)38)36(16)15-7-13(3-4-14(15)34(50)64-36)32(49)40-5-6-41-35(51)63-29-26(48)20(10-60-67(52,53)65-68(54,55)66-69(56,57)70)61-33(29)45-12-44-23-30(39)42-11-43-31(23)45/h3-4,7-9,11-12,20,26,29,33,46-48H,5-6,10H2,1-2H3,(H,40,49)(H,41,51)(H,52,53)(H,54,55)(H2,39,42,43)(H2,56,57,70)/t20-,26-,29-,33-/m1/s1. The fourth-order valence-corrected chi connectivity index (χ4v) is 11.9. The van der Waals surface area contributed by atoms with Crippen molar-refractivity contribution in [2.75, 3.05) is 39.6 Å². The molecule has 1 saturated heterocycles. The maximum atomic E-state index is 13.7. The molecule has 70 heavy (non-hydrogen) atoms. The Labute approximate surface area is 406 Å². The summed E-state index contributed by atoms with van der Waals surface area (Å²) in [5.41, 5.74) is 4.08. The van der Waals surface area contributed by atoms with Gasteiger partial charge in [0.2, 0.25) is 0 Å². The minimum atomic E-state index is -5.70. The molecule has 0 radical (unpaired) electrons. The summed E-state index contributed by atoms with van der Waals surface area (Å²) in [5.74, 6) is -3.46. The van der Waals surface area contributed by atoms with Crippen LogP contribution in [-0.2, 0) is 53.9 Å². The van der Waals surface area contributed by atoms with Crippen molar-refractivity contribution in [3.05, 3.63) is 80.8 Å². The van der Waals surface area contributed by atoms with Gasteiger partial charge in [0.1, 0.15) is 34.1 Å². The number of hydrogen-bond donors (Lipinski definition) is 10. The van der Waals surface area contributed by atoms with Gasteiger partial charge in [-0.1, -0.05) is 23.2 Å². The Morgan fingerprint density at radius 1 is 0.914 bits per heavy atom. The molecule has 374 valence electrons. The topological polar surface area (TPSA) is 404 Å². The number of nitrogen functional groups attached to an aromatic ring is 1. The lowest BCUT2D eigenvalue weighted by molar-refractivity contribution is -0.0522. The van der Waals surface area contributed by atoms with Gasteiger partial charge in [-0.2, -0.15) is 4.31 Å². The number of phosphoric ester groups is 1. The van der Waals surface area contributed by atoms with Crippen molar-refractivity contribution in [2.24, 2.45) is 0 Å². The number of benzene rings is 3. The van der Waals surface area contributed by atoms with Gasteiger partial charge in [-0.25, -0.2) is 38.0 Å². The fraction of sp³-hybridized carbons (Fsp3) is 0.278. The summed E-state index contributed by atoms with van der Waals surface area (Å²) in [6, 6.07) is 6.60. The third-order valence-electron chi connectivity index (χ3n) is 10.6. The summed E-state index contributed by atoms with van der Waals surface area (Å²) in [6.45, 7) is -6.55. The quantitative estimate of drug-likeness (QED) is 0.0409. The van der Waals surface area contributed by atoms with Crippen LogP contribution in [-0.4, -0.2) is 125 Å². The van der Waals surface area contributed by atoms with Gasteiger partial charge in [-0.05, 0) is 42.1 Å². The number of nitrogens with zero attached hydrogens (tertiary/aromatic N) is 4. The number of phenols is 2. The van der Waals surface area contributed by atoms with E-state index in [2.05, 4.69) is 46.0 Å². The number of esters is 1. The van der Waals surface area contributed by atoms with Gasteiger partial charge in [-0.3, -0.25) is 13.9 Å². The highest BCUT2D eigenvalue weighted by molar-refractivity contribution is 8.08. The van der Waals surface area contributed by atoms with E-state index in [1.54, 1.807) is 0 Å². The number of ether oxygens (including phenoxy) is 6. The zero-order valence-corrected chi connectivity index (χ0v) is 40.2. The summed E-state index contributed by atoms with van der Waals surface area (Å²) in [5, 5.41) is 37.1. The van der Waals surface area contributed by atoms with Gasteiger partial charge in [0.25, 0.3) is 5.91 Å². The number of hydrogen-bond acceptors (Lipinski definition) is 22. The zero-order chi connectivity index (χ0) is 50.8. The average Bonchev–Trinajstić information content (AvgIpc) is 3.94. The maximum Gasteiger partial charge on any atom is 0.488 e. The second kappa shape index (κ2) is 18.9. The fourth-order valence-electron chi connectivity index (χ4n) is 7.62. The van der Waals surface area contributed by atoms with Crippen LogP contribution in [0.3, 0.4) is 0 Å². The number of phosphoric acid groups is 2. The van der Waals surface area contributed by atoms with Gasteiger partial charge >= 0.3 is 34.4 Å². The van der Waals surface area contributed by atoms with Crippen LogP contribution in [0, 0.1) is 0 Å². The number of carbonyl (C=O) groups is 3. The van der Waals surface area contributed by atoms with Gasteiger partial charge < -0.3 is 79.7 Å². The van der Waals surface area contributed by atoms with E-state index >= 15 is 0 Å². The SMILES string of the molecule is COc1cc2c(c(Cl)c1O)Oc1c(cc(OC)c(O)c1Cl)C21OC(=O)c2ccc(C(=O)NCCNC(=O)O[C@@H]3[C@H](O)[C@@H](COP(=O)(O)OP(=O)(O)OP(O)(O)=S)O[C@H]3n3cnc4c(N)ncnc43)cc21. The van der Waals surface area contributed by atoms with E-state index in [1.807, 2.05) is 0 Å². The van der Waals surface area contributed by atoms with Crippen molar-refractivity contribution in [3.8, 4) is 34.5 Å². The van der Waals surface area contributed by atoms with E-state index in [-0.39, 0.29) is 90.9 Å². The van der Waals surface area contributed by atoms with Crippen LogP contribution in [0.2, 0.25) is 10.0 Å². The van der Waals surface area contributed by atoms with Crippen LogP contribution in [0.15, 0.2) is 43.0 Å². The first-order valence-electron chi connectivity index (χ1n) is 19.4. The van der Waals surface area contributed by atoms with Gasteiger partial charge in [0.15, 0.2) is 63.9 Å². The normalized spacial score (nSPS) is 20.6. The molecule has 3 aliphatic rings. The molecule has 0 saturated carbocycles. The molecule has 28 nitrogen and oxygen atoms in total. The van der Waals surface area contributed by atoms with E-state index in [0.29, 0.717) is 0 Å². The third-order valence-corrected chi connectivity index (χ3v) is 15.7. The van der Waals surface area contributed by atoms with Crippen molar-refractivity contribution < 1.29 is 100.0 Å². The van der Waals surface area contributed by atoms with Crippen LogP contribution in [0.4, 0.5) is 10.6 Å². The summed E-state index contributed by atoms with van der Waals surface area (Å²) in [6.07, 6.45) is -5.77. The van der Waals surface area contributed by atoms with E-state index in [0.717, 1.165) is 12.7 Å². The molecule has 3 aromatic carbocycles. The molecule has 0 aliphatic carbocycles. The molecular formula is C36H34Cl2N7O21P3S. The molecule has 5 heterocycles. The highest BCUT2D eigenvalue weighted by Crippen LogP contribution is 2.67. The van der Waals surface area contributed by atoms with Crippen molar-refractivity contribution >= 4 is 92.3 Å². The third kappa shape index (κ3) is 9.43. The molecule has 34 heteroatoms. The minimum absolute atomic E-state index is 0.00853. The van der Waals surface area contributed by atoms with E-state index in [4.69, 9.17) is 71.7 Å². The highest BCUT2D eigenvalue weighted by atomic mass is 35.5. The van der Waals surface area contributed by atoms with Gasteiger partial charge in [-0.15, -0.1) is 0 Å². The first-order valence-corrected chi connectivity index (χ1v) is 25.8. The van der Waals surface area contributed by atoms with Crippen LogP contribution < -0.4 is 30.6 Å². The predicted molar refractivity (Wildman–Crippen MR) is 238 cm³/mol. The number of imidazole rings is 1. The molecule has 1 fully saturated rings. The molecule has 11 N–H and O–H groups in total. The molecule has 2 aromatic heterocycles. The van der Waals surface area contributed by atoms with Crippen molar-refractivity contribution in [3.63, 3.8) is 0 Å². The lowest BCUT2D eigenvalue weighted by atomic mass is 9.77. The molecule has 0 bridgehead atoms. The van der Waals surface area contributed by atoms with Crippen molar-refractivity contribution in [1.82, 2.24) is 30.2 Å². The number of carbonyl (C=O) groups excluding carboxylic acids is 3. The summed E-state index contributed by atoms with van der Waals surface area (Å²) >= 11 is 17.2. The number of halogens is 2. The molecular weight excluding hydrogens is 1060 g/mol. The minimum Gasteiger partial charge on any atom is -0.503 e. The van der Waals surface area contributed by atoms with Crippen LogP contribution >= 0.6 is 45.6 Å². The number of aromatic nitrogens is 4. The number of aliphatic hydroxyl groups excluding tert-OH is 1. The Morgan fingerprint density at radius 2 is 1.54 bits per heavy atom. The number of rotatable bonds is 15. The number of nitrogens with one attached hydrogen (secondary N) is 2. The van der Waals surface area contributed by atoms with Crippen LogP contribution in [0.25, 0.3) is 11.2 Å². The number of phenolic OH excluding ortho intramolecular Hbond substituents is 2. The van der Waals surface area contributed by atoms with E-state index < -0.39 is 88.6 Å². The Hall–Kier alpha value is -5.45. The smallest absolute Gasteiger partial charge is 0.488 e. The Balaban J connectivity index is 0.990. The molecule has 1 spiro atoms. The number of aliphatic hydroxyl groups is 1. The summed E-state index contributed by atoms with van der Waals surface area (Å²) in [4.78, 5) is 90.7. The number of aromatic hydroxyl groups is 2. The first-order chi connectivity index (χ1) is 32.9. The molecule has 6 atom stereocenters. The number of nitrogens with two attached hydrogens (primary N) is 1. The van der Waals surface area contributed by atoms with E-state index in [9.17, 15) is 48.6 Å². The second-order valence-electron chi connectivity index (χ2n) is 14.7. The lowest BCUT2D eigenvalue weighted by Crippen LogP contribution is -2.41. The second-order valence-corrected chi connectivity index (χ2v) is 21.4. The Kier molecular flexibility index (Phi) is 13.8. The number of alkyl carbamates (subject to hydrolysis) is 1. The maximum absolute atomic E-state index is 13.7. The number of amides is 2. The zero-order valence-electron chi connectivity index (χ0n) is 35.2. The number of fused-ring (bicyclic) bond motifs is 7. The number of methoxy groups -OCH3 is 2. The van der Waals surface area contributed by atoms with Crippen LogP contribution in [0.5, 0.6) is 34.5 Å². The molecule has 2 amide bonds. The first kappa shape index (κ1) is 50.9. The highest BCUT2D eigenvalue weighted by Gasteiger charge is 2.56. The summed E-state index contributed by atoms with van der Waals surface area (Å²) in [7, 11) is -8.81. The Bertz CT molecular complexity index is 3080. The average molecular weight is 1100 g/mol. The van der Waals surface area contributed by atoms with E-state index in [1.165, 1.54) is 49.1 Å². The van der Waals surface area contributed by atoms with Crippen molar-refractivity contribution in [2.45, 2.75) is 30.1 Å². The number of anilines is 1. The predicted octanol–water partition coefficient (Wildman–Crippen LogP) is 2.95. The van der Waals surface area contributed by atoms with Crippen molar-refractivity contribution in [1.29, 1.82) is 0 Å². The molecule has 5 aromatic rings. The van der Waals surface area contributed by atoms with Gasteiger partial charge in [0.05, 0.1) is 43.8 Å². The van der Waals surface area contributed by atoms with Gasteiger partial charge in [0, 0.05) is 24.2 Å². The van der Waals surface area contributed by atoms with Crippen LogP contribution in [0.1, 0.15) is 43.6 Å². The largest absolute Gasteiger partial charge is 0.503 e. The lowest BCUT2D eigenvalue weighted by Gasteiger charge is -2.37. The monoisotopic (exact) mass is 1100 g/mol. The molecule has 3 aliphatic heterocycles. The Morgan fingerprint density at radius 3 is 2.16 bits per heavy atom. The summed E-state index contributed by atoms with van der Waals surface area (Å²) < 4.78 is 72.4. The molecule has 8 rings (SSSR count). The molecule has 2 unspecified atom stereocenters.